The van der Waals surface area contributed by atoms with E-state index in [1.54, 1.807) is 43.6 Å². The van der Waals surface area contributed by atoms with Crippen molar-refractivity contribution in [1.82, 2.24) is 20.3 Å². The average molecular weight is 484 g/mol. The minimum atomic E-state index is -0.322. The van der Waals surface area contributed by atoms with Crippen molar-refractivity contribution in [3.8, 4) is 5.75 Å². The van der Waals surface area contributed by atoms with E-state index in [0.29, 0.717) is 33.5 Å². The van der Waals surface area contributed by atoms with Gasteiger partial charge in [0.1, 0.15) is 21.9 Å². The molecule has 0 aliphatic carbocycles. The van der Waals surface area contributed by atoms with Crippen LogP contribution in [0.15, 0.2) is 53.3 Å². The van der Waals surface area contributed by atoms with E-state index in [4.69, 9.17) is 4.74 Å². The van der Waals surface area contributed by atoms with Crippen molar-refractivity contribution < 1.29 is 9.53 Å². The Hall–Kier alpha value is -3.24. The number of anilines is 4. The zero-order valence-electron chi connectivity index (χ0n) is 16.9. The van der Waals surface area contributed by atoms with Crippen molar-refractivity contribution in [3.63, 3.8) is 0 Å². The van der Waals surface area contributed by atoms with Crippen LogP contribution >= 0.6 is 15.9 Å². The summed E-state index contributed by atoms with van der Waals surface area (Å²) in [6.45, 7) is 3.58. The highest BCUT2D eigenvalue weighted by molar-refractivity contribution is 9.10. The molecule has 160 valence electrons. The number of halogens is 1. The summed E-state index contributed by atoms with van der Waals surface area (Å²) in [4.78, 5) is 27.8. The first kappa shape index (κ1) is 21.0. The lowest BCUT2D eigenvalue weighted by atomic mass is 10.2. The van der Waals surface area contributed by atoms with Crippen LogP contribution in [0.3, 0.4) is 0 Å². The molecule has 9 nitrogen and oxygen atoms in total. The Kier molecular flexibility index (Phi) is 6.58. The van der Waals surface area contributed by atoms with Gasteiger partial charge in [-0.25, -0.2) is 9.97 Å². The zero-order valence-corrected chi connectivity index (χ0v) is 18.5. The van der Waals surface area contributed by atoms with Gasteiger partial charge in [0.05, 0.1) is 12.8 Å². The van der Waals surface area contributed by atoms with Crippen molar-refractivity contribution in [2.45, 2.75) is 0 Å². The smallest absolute Gasteiger partial charge is 0.274 e. The fourth-order valence-corrected chi connectivity index (χ4v) is 3.52. The first-order chi connectivity index (χ1) is 15.1. The van der Waals surface area contributed by atoms with Gasteiger partial charge < -0.3 is 25.6 Å². The predicted molar refractivity (Wildman–Crippen MR) is 123 cm³/mol. The van der Waals surface area contributed by atoms with Gasteiger partial charge in [0.25, 0.3) is 5.91 Å². The van der Waals surface area contributed by atoms with Crippen LogP contribution in [0.5, 0.6) is 5.75 Å². The Morgan fingerprint density at radius 1 is 1.16 bits per heavy atom. The molecule has 1 aromatic carbocycles. The number of nitrogens with zero attached hydrogens (tertiary/aromatic N) is 4. The number of rotatable bonds is 6. The highest BCUT2D eigenvalue weighted by atomic mass is 79.9. The lowest BCUT2D eigenvalue weighted by molar-refractivity contribution is 0.102. The molecule has 1 fully saturated rings. The van der Waals surface area contributed by atoms with Crippen LogP contribution in [0, 0.1) is 0 Å². The standard InChI is InChI=1S/C21H22BrN7O2/c1-31-17-13-14(5-6-15(17)27-20(30)16-3-2-4-18(22)26-16)25-19-7-8-24-21(28-19)29-11-9-23-10-12-29/h2-8,13,23H,9-12H2,1H3,(H,27,30)(H,24,25,28). The molecule has 4 rings (SSSR count). The van der Waals surface area contributed by atoms with Crippen LogP contribution < -0.4 is 25.6 Å². The Bertz CT molecular complexity index is 1070. The molecule has 0 saturated carbocycles. The Morgan fingerprint density at radius 3 is 2.77 bits per heavy atom. The van der Waals surface area contributed by atoms with Crippen molar-refractivity contribution in [2.24, 2.45) is 0 Å². The zero-order chi connectivity index (χ0) is 21.6. The molecule has 3 heterocycles. The minimum absolute atomic E-state index is 0.306. The molecule has 3 aromatic rings. The Balaban J connectivity index is 1.48. The second-order valence-corrected chi connectivity index (χ2v) is 7.63. The molecule has 0 bridgehead atoms. The molecule has 10 heteroatoms. The molecule has 0 unspecified atom stereocenters. The van der Waals surface area contributed by atoms with E-state index in [2.05, 4.69) is 51.7 Å². The summed E-state index contributed by atoms with van der Waals surface area (Å²) in [5.74, 6) is 1.58. The molecule has 1 saturated heterocycles. The van der Waals surface area contributed by atoms with Gasteiger partial charge in [-0.15, -0.1) is 0 Å². The van der Waals surface area contributed by atoms with Crippen molar-refractivity contribution in [3.05, 3.63) is 59.0 Å². The third-order valence-electron chi connectivity index (χ3n) is 4.71. The number of benzene rings is 1. The molecule has 1 aliphatic rings. The second-order valence-electron chi connectivity index (χ2n) is 6.82. The number of amides is 1. The summed E-state index contributed by atoms with van der Waals surface area (Å²) >= 11 is 3.27. The molecular formula is C21H22BrN7O2. The summed E-state index contributed by atoms with van der Waals surface area (Å²) in [5, 5.41) is 9.43. The molecule has 3 N–H and O–H groups in total. The largest absolute Gasteiger partial charge is 0.494 e. The molecule has 31 heavy (non-hydrogen) atoms. The Morgan fingerprint density at radius 2 is 2.00 bits per heavy atom. The predicted octanol–water partition coefficient (Wildman–Crippen LogP) is 3.05. The molecule has 1 aliphatic heterocycles. The van der Waals surface area contributed by atoms with E-state index in [9.17, 15) is 4.79 Å². The number of piperazine rings is 1. The van der Waals surface area contributed by atoms with Crippen LogP contribution in [-0.4, -0.2) is 54.1 Å². The van der Waals surface area contributed by atoms with Gasteiger partial charge >= 0.3 is 0 Å². The average Bonchev–Trinajstić information content (AvgIpc) is 2.81. The quantitative estimate of drug-likeness (QED) is 0.459. The summed E-state index contributed by atoms with van der Waals surface area (Å²) in [5.41, 5.74) is 1.63. The number of hydrogen-bond acceptors (Lipinski definition) is 8. The lowest BCUT2D eigenvalue weighted by Gasteiger charge is -2.27. The van der Waals surface area contributed by atoms with Gasteiger partial charge in [-0.2, -0.15) is 4.98 Å². The van der Waals surface area contributed by atoms with E-state index >= 15 is 0 Å². The highest BCUT2D eigenvalue weighted by Crippen LogP contribution is 2.30. The van der Waals surface area contributed by atoms with E-state index in [1.165, 1.54) is 0 Å². The summed E-state index contributed by atoms with van der Waals surface area (Å²) in [7, 11) is 1.55. The monoisotopic (exact) mass is 483 g/mol. The van der Waals surface area contributed by atoms with Crippen molar-refractivity contribution in [2.75, 3.05) is 48.8 Å². The number of methoxy groups -OCH3 is 1. The third-order valence-corrected chi connectivity index (χ3v) is 5.15. The summed E-state index contributed by atoms with van der Waals surface area (Å²) in [6, 6.07) is 12.4. The molecule has 0 spiro atoms. The number of carbonyl (C=O) groups is 1. The first-order valence-electron chi connectivity index (χ1n) is 9.80. The maximum Gasteiger partial charge on any atom is 0.274 e. The van der Waals surface area contributed by atoms with Gasteiger partial charge in [-0.1, -0.05) is 6.07 Å². The van der Waals surface area contributed by atoms with Crippen LogP contribution in [0.1, 0.15) is 10.5 Å². The van der Waals surface area contributed by atoms with E-state index in [0.717, 1.165) is 31.9 Å². The summed E-state index contributed by atoms with van der Waals surface area (Å²) < 4.78 is 6.06. The first-order valence-corrected chi connectivity index (χ1v) is 10.6. The summed E-state index contributed by atoms with van der Waals surface area (Å²) in [6.07, 6.45) is 1.74. The fourth-order valence-electron chi connectivity index (χ4n) is 3.18. The normalized spacial score (nSPS) is 13.5. The van der Waals surface area contributed by atoms with Crippen LogP contribution in [-0.2, 0) is 0 Å². The van der Waals surface area contributed by atoms with Crippen LogP contribution in [0.4, 0.5) is 23.1 Å². The lowest BCUT2D eigenvalue weighted by Crippen LogP contribution is -2.44. The van der Waals surface area contributed by atoms with Crippen molar-refractivity contribution >= 4 is 45.0 Å². The molecule has 2 aromatic heterocycles. The van der Waals surface area contributed by atoms with E-state index in [-0.39, 0.29) is 5.91 Å². The SMILES string of the molecule is COc1cc(Nc2ccnc(N3CCNCC3)n2)ccc1NC(=O)c1cccc(Br)n1. The topological polar surface area (TPSA) is 104 Å². The van der Waals surface area contributed by atoms with E-state index < -0.39 is 0 Å². The fraction of sp³-hybridized carbons (Fsp3) is 0.238. The van der Waals surface area contributed by atoms with Gasteiger partial charge in [0.2, 0.25) is 5.95 Å². The highest BCUT2D eigenvalue weighted by Gasteiger charge is 2.15. The molecule has 0 atom stereocenters. The third kappa shape index (κ3) is 5.28. The van der Waals surface area contributed by atoms with Gasteiger partial charge in [-0.05, 0) is 46.3 Å². The number of carbonyl (C=O) groups excluding carboxylic acids is 1. The maximum absolute atomic E-state index is 12.5. The number of hydrogen-bond donors (Lipinski definition) is 3. The number of nitrogens with one attached hydrogen (secondary N) is 3. The number of ether oxygens (including phenoxy) is 1. The molecule has 1 amide bonds. The van der Waals surface area contributed by atoms with Crippen LogP contribution in [0.25, 0.3) is 0 Å². The minimum Gasteiger partial charge on any atom is -0.494 e. The van der Waals surface area contributed by atoms with Gasteiger partial charge in [0.15, 0.2) is 0 Å². The molecular weight excluding hydrogens is 462 g/mol. The van der Waals surface area contributed by atoms with E-state index in [1.807, 2.05) is 12.1 Å². The molecule has 0 radical (unpaired) electrons. The number of pyridine rings is 1. The van der Waals surface area contributed by atoms with Gasteiger partial charge in [0, 0.05) is 44.1 Å². The second kappa shape index (κ2) is 9.71. The maximum atomic E-state index is 12.5. The van der Waals surface area contributed by atoms with Crippen LogP contribution in [0.2, 0.25) is 0 Å². The van der Waals surface area contributed by atoms with Gasteiger partial charge in [-0.3, -0.25) is 4.79 Å². The Labute approximate surface area is 188 Å². The van der Waals surface area contributed by atoms with Crippen molar-refractivity contribution in [1.29, 1.82) is 0 Å². The number of aromatic nitrogens is 3.